The molecule has 0 fully saturated rings. The van der Waals surface area contributed by atoms with Crippen molar-refractivity contribution in [2.24, 2.45) is 0 Å². The third-order valence-electron chi connectivity index (χ3n) is 2.37. The van der Waals surface area contributed by atoms with E-state index in [1.165, 1.54) is 0 Å². The Bertz CT molecular complexity index is 571. The van der Waals surface area contributed by atoms with Gasteiger partial charge >= 0.3 is 0 Å². The van der Waals surface area contributed by atoms with E-state index in [-0.39, 0.29) is 12.5 Å². The Hall–Kier alpha value is -1.43. The number of rotatable bonds is 5. The molecule has 2 rings (SSSR count). The van der Waals surface area contributed by atoms with Crippen LogP contribution in [0.5, 0.6) is 0 Å². The first-order valence-electron chi connectivity index (χ1n) is 5.80. The lowest BCUT2D eigenvalue weighted by Crippen LogP contribution is -2.27. The Kier molecular flexibility index (Phi) is 4.90. The summed E-state index contributed by atoms with van der Waals surface area (Å²) >= 11 is 7.44. The van der Waals surface area contributed by atoms with E-state index < -0.39 is 0 Å². The molecule has 0 saturated heterocycles. The van der Waals surface area contributed by atoms with Gasteiger partial charge in [-0.3, -0.25) is 4.79 Å². The van der Waals surface area contributed by atoms with E-state index in [0.717, 1.165) is 10.7 Å². The van der Waals surface area contributed by atoms with Crippen molar-refractivity contribution in [3.05, 3.63) is 45.4 Å². The molecule has 0 bridgehead atoms. The molecule has 0 aliphatic heterocycles. The van der Waals surface area contributed by atoms with Crippen molar-refractivity contribution in [1.82, 2.24) is 10.3 Å². The number of nitrogens with one attached hydrogen (secondary N) is 2. The summed E-state index contributed by atoms with van der Waals surface area (Å²) in [7, 11) is 0. The second kappa shape index (κ2) is 6.65. The Morgan fingerprint density at radius 3 is 3.00 bits per heavy atom. The van der Waals surface area contributed by atoms with Gasteiger partial charge in [-0.15, -0.1) is 11.3 Å². The van der Waals surface area contributed by atoms with Gasteiger partial charge in [0.2, 0.25) is 5.91 Å². The molecule has 0 saturated carbocycles. The molecule has 2 N–H and O–H groups in total. The van der Waals surface area contributed by atoms with Crippen LogP contribution >= 0.6 is 22.9 Å². The van der Waals surface area contributed by atoms with Gasteiger partial charge in [-0.2, -0.15) is 0 Å². The number of carbonyl (C=O) groups is 1. The molecular formula is C13H14ClN3OS. The van der Waals surface area contributed by atoms with Crippen LogP contribution in [0.15, 0.2) is 29.6 Å². The van der Waals surface area contributed by atoms with Gasteiger partial charge in [0.1, 0.15) is 0 Å². The minimum absolute atomic E-state index is 0.103. The minimum atomic E-state index is -0.103. The summed E-state index contributed by atoms with van der Waals surface area (Å²) in [6.45, 7) is 2.79. The number of halogens is 1. The molecule has 0 aliphatic carbocycles. The summed E-state index contributed by atoms with van der Waals surface area (Å²) in [4.78, 5) is 16.0. The molecule has 100 valence electrons. The number of aromatic nitrogens is 1. The normalized spacial score (nSPS) is 10.4. The van der Waals surface area contributed by atoms with E-state index >= 15 is 0 Å². The molecular weight excluding hydrogens is 282 g/mol. The highest BCUT2D eigenvalue weighted by atomic mass is 35.5. The van der Waals surface area contributed by atoms with Crippen molar-refractivity contribution in [2.45, 2.75) is 13.5 Å². The highest BCUT2D eigenvalue weighted by Crippen LogP contribution is 2.14. The van der Waals surface area contributed by atoms with E-state index in [1.807, 2.05) is 12.3 Å². The average Bonchev–Trinajstić information content (AvgIpc) is 2.75. The number of aryl methyl sites for hydroxylation is 1. The number of thiazole rings is 1. The molecule has 1 aromatic carbocycles. The van der Waals surface area contributed by atoms with E-state index in [1.54, 1.807) is 35.6 Å². The van der Waals surface area contributed by atoms with Crippen LogP contribution in [0.2, 0.25) is 5.02 Å². The molecule has 0 aliphatic rings. The SMILES string of the molecule is Cc1nc(CNCC(=O)Nc2cccc(Cl)c2)cs1. The lowest BCUT2D eigenvalue weighted by Gasteiger charge is -2.06. The zero-order valence-corrected chi connectivity index (χ0v) is 12.0. The molecule has 0 atom stereocenters. The van der Waals surface area contributed by atoms with E-state index in [0.29, 0.717) is 17.3 Å². The summed E-state index contributed by atoms with van der Waals surface area (Å²) in [5, 5.41) is 9.43. The fourth-order valence-corrected chi connectivity index (χ4v) is 2.37. The zero-order valence-electron chi connectivity index (χ0n) is 10.4. The maximum Gasteiger partial charge on any atom is 0.238 e. The third-order valence-corrected chi connectivity index (χ3v) is 3.42. The van der Waals surface area contributed by atoms with Crippen molar-refractivity contribution < 1.29 is 4.79 Å². The monoisotopic (exact) mass is 295 g/mol. The standard InChI is InChI=1S/C13H14ClN3OS/c1-9-16-12(8-19-9)6-15-7-13(18)17-11-4-2-3-10(14)5-11/h2-5,8,15H,6-7H2,1H3,(H,17,18). The highest BCUT2D eigenvalue weighted by molar-refractivity contribution is 7.09. The van der Waals surface area contributed by atoms with E-state index in [2.05, 4.69) is 15.6 Å². The number of anilines is 1. The lowest BCUT2D eigenvalue weighted by atomic mass is 10.3. The fourth-order valence-electron chi connectivity index (χ4n) is 1.56. The number of hydrogen-bond acceptors (Lipinski definition) is 4. The fraction of sp³-hybridized carbons (Fsp3) is 0.231. The predicted molar refractivity (Wildman–Crippen MR) is 78.6 cm³/mol. The lowest BCUT2D eigenvalue weighted by molar-refractivity contribution is -0.115. The Balaban J connectivity index is 1.76. The van der Waals surface area contributed by atoms with Crippen LogP contribution in [0.1, 0.15) is 10.7 Å². The maximum atomic E-state index is 11.7. The van der Waals surface area contributed by atoms with Gasteiger partial charge in [0, 0.05) is 22.6 Å². The molecule has 19 heavy (non-hydrogen) atoms. The highest BCUT2D eigenvalue weighted by Gasteiger charge is 2.03. The summed E-state index contributed by atoms with van der Waals surface area (Å²) in [6, 6.07) is 7.07. The number of carbonyl (C=O) groups excluding carboxylic acids is 1. The Morgan fingerprint density at radius 2 is 2.32 bits per heavy atom. The van der Waals surface area contributed by atoms with Gasteiger partial charge in [0.05, 0.1) is 17.2 Å². The summed E-state index contributed by atoms with van der Waals surface area (Å²) in [6.07, 6.45) is 0. The minimum Gasteiger partial charge on any atom is -0.325 e. The number of nitrogens with zero attached hydrogens (tertiary/aromatic N) is 1. The Morgan fingerprint density at radius 1 is 1.47 bits per heavy atom. The summed E-state index contributed by atoms with van der Waals surface area (Å²) < 4.78 is 0. The summed E-state index contributed by atoms with van der Waals surface area (Å²) in [5.41, 5.74) is 1.65. The van der Waals surface area contributed by atoms with Crippen LogP contribution in [-0.2, 0) is 11.3 Å². The Labute approximate surface area is 120 Å². The molecule has 6 heteroatoms. The molecule has 0 spiro atoms. The third kappa shape index (κ3) is 4.63. The second-order valence-corrected chi connectivity index (χ2v) is 5.52. The van der Waals surface area contributed by atoms with Gasteiger partial charge in [0.15, 0.2) is 0 Å². The first-order chi connectivity index (χ1) is 9.13. The molecule has 1 heterocycles. The predicted octanol–water partition coefficient (Wildman–Crippen LogP) is 2.83. The smallest absolute Gasteiger partial charge is 0.238 e. The maximum absolute atomic E-state index is 11.7. The largest absolute Gasteiger partial charge is 0.325 e. The average molecular weight is 296 g/mol. The quantitative estimate of drug-likeness (QED) is 0.892. The number of amides is 1. The van der Waals surface area contributed by atoms with Gasteiger partial charge in [-0.25, -0.2) is 4.98 Å². The van der Waals surface area contributed by atoms with Gasteiger partial charge in [-0.05, 0) is 25.1 Å². The van der Waals surface area contributed by atoms with E-state index in [4.69, 9.17) is 11.6 Å². The second-order valence-electron chi connectivity index (χ2n) is 4.02. The van der Waals surface area contributed by atoms with Crippen LogP contribution in [0, 0.1) is 6.92 Å². The first kappa shape index (κ1) is 14.0. The molecule has 1 amide bonds. The van der Waals surface area contributed by atoms with Crippen molar-refractivity contribution in [3.8, 4) is 0 Å². The van der Waals surface area contributed by atoms with Crippen molar-refractivity contribution in [1.29, 1.82) is 0 Å². The van der Waals surface area contributed by atoms with Gasteiger partial charge in [-0.1, -0.05) is 17.7 Å². The van der Waals surface area contributed by atoms with Crippen molar-refractivity contribution in [2.75, 3.05) is 11.9 Å². The molecule has 0 radical (unpaired) electrons. The summed E-state index contributed by atoms with van der Waals surface area (Å²) in [5.74, 6) is -0.103. The van der Waals surface area contributed by atoms with Gasteiger partial charge in [0.25, 0.3) is 0 Å². The molecule has 4 nitrogen and oxygen atoms in total. The molecule has 1 aromatic heterocycles. The molecule has 0 unspecified atom stereocenters. The van der Waals surface area contributed by atoms with Crippen LogP contribution < -0.4 is 10.6 Å². The van der Waals surface area contributed by atoms with Crippen LogP contribution in [0.25, 0.3) is 0 Å². The van der Waals surface area contributed by atoms with Gasteiger partial charge < -0.3 is 10.6 Å². The van der Waals surface area contributed by atoms with Crippen LogP contribution in [0.3, 0.4) is 0 Å². The number of benzene rings is 1. The zero-order chi connectivity index (χ0) is 13.7. The molecule has 2 aromatic rings. The van der Waals surface area contributed by atoms with Crippen LogP contribution in [0.4, 0.5) is 5.69 Å². The van der Waals surface area contributed by atoms with E-state index in [9.17, 15) is 4.79 Å². The van der Waals surface area contributed by atoms with Crippen LogP contribution in [-0.4, -0.2) is 17.4 Å². The van der Waals surface area contributed by atoms with Crippen molar-refractivity contribution >= 4 is 34.5 Å². The number of hydrogen-bond donors (Lipinski definition) is 2. The first-order valence-corrected chi connectivity index (χ1v) is 7.06. The topological polar surface area (TPSA) is 54.0 Å². The van der Waals surface area contributed by atoms with Crippen molar-refractivity contribution in [3.63, 3.8) is 0 Å².